The maximum Gasteiger partial charge on any atom is 0.317 e. The molecule has 1 aliphatic heterocycles. The number of carbonyl (C=O) groups is 1. The van der Waals surface area contributed by atoms with E-state index in [1.165, 1.54) is 5.56 Å². The summed E-state index contributed by atoms with van der Waals surface area (Å²) >= 11 is 0. The number of hydrogen-bond acceptors (Lipinski definition) is 3. The minimum atomic E-state index is 0.0612. The lowest BCUT2D eigenvalue weighted by Gasteiger charge is -2.28. The SMILES string of the molecule is CO[C@@H]1CCN(C(=O)NC2CC2)[C@@H]1Cc1ccncc1. The van der Waals surface area contributed by atoms with Crippen LogP contribution in [0.1, 0.15) is 24.8 Å². The van der Waals surface area contributed by atoms with Gasteiger partial charge in [-0.2, -0.15) is 0 Å². The van der Waals surface area contributed by atoms with Crippen LogP contribution in [0.25, 0.3) is 0 Å². The third-order valence-electron chi connectivity index (χ3n) is 4.15. The number of ether oxygens (including phenoxy) is 1. The molecule has 0 unspecified atom stereocenters. The summed E-state index contributed by atoms with van der Waals surface area (Å²) in [6.07, 6.45) is 7.66. The topological polar surface area (TPSA) is 54.5 Å². The molecule has 2 heterocycles. The van der Waals surface area contributed by atoms with Crippen LogP contribution in [0, 0.1) is 0 Å². The average Bonchev–Trinajstić information content (AvgIpc) is 3.18. The number of hydrogen-bond donors (Lipinski definition) is 1. The Morgan fingerprint density at radius 2 is 2.15 bits per heavy atom. The number of methoxy groups -OCH3 is 1. The van der Waals surface area contributed by atoms with Crippen molar-refractivity contribution < 1.29 is 9.53 Å². The lowest BCUT2D eigenvalue weighted by Crippen LogP contribution is -2.47. The lowest BCUT2D eigenvalue weighted by atomic mass is 10.0. The number of pyridine rings is 1. The van der Waals surface area contributed by atoms with E-state index in [9.17, 15) is 4.79 Å². The van der Waals surface area contributed by atoms with Crippen LogP contribution in [-0.2, 0) is 11.2 Å². The minimum Gasteiger partial charge on any atom is -0.379 e. The molecule has 2 atom stereocenters. The number of carbonyl (C=O) groups excluding carboxylic acids is 1. The standard InChI is InChI=1S/C15H21N3O2/c1-20-14-6-9-18(15(19)17-12-2-3-12)13(14)10-11-4-7-16-8-5-11/h4-5,7-8,12-14H,2-3,6,9-10H2,1H3,(H,17,19)/t13-,14-/m1/s1. The second kappa shape index (κ2) is 5.79. The van der Waals surface area contributed by atoms with Crippen molar-refractivity contribution in [1.82, 2.24) is 15.2 Å². The van der Waals surface area contributed by atoms with E-state index in [0.717, 1.165) is 32.2 Å². The van der Waals surface area contributed by atoms with Crippen molar-refractivity contribution in [2.24, 2.45) is 0 Å². The highest BCUT2D eigenvalue weighted by Crippen LogP contribution is 2.25. The Kier molecular flexibility index (Phi) is 3.87. The molecule has 2 amide bonds. The highest BCUT2D eigenvalue weighted by molar-refractivity contribution is 5.75. The molecule has 0 bridgehead atoms. The van der Waals surface area contributed by atoms with Crippen LogP contribution in [0.5, 0.6) is 0 Å². The molecule has 1 saturated heterocycles. The molecule has 108 valence electrons. The molecule has 1 N–H and O–H groups in total. The van der Waals surface area contributed by atoms with Crippen molar-refractivity contribution in [3.8, 4) is 0 Å². The molecule has 1 aliphatic carbocycles. The molecule has 0 spiro atoms. The highest BCUT2D eigenvalue weighted by atomic mass is 16.5. The van der Waals surface area contributed by atoms with Crippen LogP contribution >= 0.6 is 0 Å². The Morgan fingerprint density at radius 3 is 2.80 bits per heavy atom. The van der Waals surface area contributed by atoms with E-state index in [1.54, 1.807) is 19.5 Å². The van der Waals surface area contributed by atoms with E-state index in [4.69, 9.17) is 4.74 Å². The first kappa shape index (κ1) is 13.4. The molecule has 1 aromatic heterocycles. The van der Waals surface area contributed by atoms with E-state index in [2.05, 4.69) is 10.3 Å². The largest absolute Gasteiger partial charge is 0.379 e. The molecule has 3 rings (SSSR count). The van der Waals surface area contributed by atoms with Gasteiger partial charge in [-0.1, -0.05) is 0 Å². The summed E-state index contributed by atoms with van der Waals surface area (Å²) in [5.41, 5.74) is 1.19. The predicted molar refractivity (Wildman–Crippen MR) is 75.4 cm³/mol. The van der Waals surface area contributed by atoms with E-state index in [1.807, 2.05) is 17.0 Å². The second-order valence-corrected chi connectivity index (χ2v) is 5.61. The zero-order chi connectivity index (χ0) is 13.9. The molecule has 1 saturated carbocycles. The third-order valence-corrected chi connectivity index (χ3v) is 4.15. The Hall–Kier alpha value is -1.62. The van der Waals surface area contributed by atoms with Gasteiger partial charge in [-0.15, -0.1) is 0 Å². The fraction of sp³-hybridized carbons (Fsp3) is 0.600. The quantitative estimate of drug-likeness (QED) is 0.908. The van der Waals surface area contributed by atoms with Crippen molar-refractivity contribution in [3.05, 3.63) is 30.1 Å². The molecular weight excluding hydrogens is 254 g/mol. The summed E-state index contributed by atoms with van der Waals surface area (Å²) in [7, 11) is 1.73. The van der Waals surface area contributed by atoms with E-state index < -0.39 is 0 Å². The fourth-order valence-corrected chi connectivity index (χ4v) is 2.84. The molecule has 5 heteroatoms. The Bertz CT molecular complexity index is 461. The number of amides is 2. The van der Waals surface area contributed by atoms with Crippen LogP contribution in [-0.4, -0.2) is 47.8 Å². The van der Waals surface area contributed by atoms with Gasteiger partial charge in [0.1, 0.15) is 0 Å². The first-order valence-electron chi connectivity index (χ1n) is 7.27. The summed E-state index contributed by atoms with van der Waals surface area (Å²) in [6, 6.07) is 4.57. The maximum atomic E-state index is 12.3. The van der Waals surface area contributed by atoms with Crippen molar-refractivity contribution in [1.29, 1.82) is 0 Å². The summed E-state index contributed by atoms with van der Waals surface area (Å²) in [5.74, 6) is 0. The van der Waals surface area contributed by atoms with Crippen LogP contribution in [0.2, 0.25) is 0 Å². The highest BCUT2D eigenvalue weighted by Gasteiger charge is 2.38. The lowest BCUT2D eigenvalue weighted by molar-refractivity contribution is 0.0724. The van der Waals surface area contributed by atoms with Crippen LogP contribution in [0.3, 0.4) is 0 Å². The summed E-state index contributed by atoms with van der Waals surface area (Å²) < 4.78 is 5.56. The van der Waals surface area contributed by atoms with Gasteiger partial charge in [0, 0.05) is 32.1 Å². The Balaban J connectivity index is 1.70. The molecule has 0 radical (unpaired) electrons. The number of aromatic nitrogens is 1. The third kappa shape index (κ3) is 2.93. The normalized spacial score (nSPS) is 25.8. The Labute approximate surface area is 119 Å². The van der Waals surface area contributed by atoms with E-state index in [0.29, 0.717) is 6.04 Å². The van der Waals surface area contributed by atoms with Crippen molar-refractivity contribution in [2.45, 2.75) is 43.9 Å². The van der Waals surface area contributed by atoms with Gasteiger partial charge in [-0.3, -0.25) is 4.98 Å². The molecule has 2 fully saturated rings. The number of rotatable bonds is 4. The molecule has 20 heavy (non-hydrogen) atoms. The number of nitrogens with zero attached hydrogens (tertiary/aromatic N) is 2. The van der Waals surface area contributed by atoms with Crippen molar-refractivity contribution in [3.63, 3.8) is 0 Å². The molecule has 5 nitrogen and oxygen atoms in total. The van der Waals surface area contributed by atoms with Crippen LogP contribution < -0.4 is 5.32 Å². The number of urea groups is 1. The molecular formula is C15H21N3O2. The summed E-state index contributed by atoms with van der Waals surface area (Å²) in [5, 5.41) is 3.08. The number of likely N-dealkylation sites (tertiary alicyclic amines) is 1. The van der Waals surface area contributed by atoms with Gasteiger partial charge < -0.3 is 15.0 Å². The zero-order valence-corrected chi connectivity index (χ0v) is 11.8. The van der Waals surface area contributed by atoms with E-state index in [-0.39, 0.29) is 18.2 Å². The van der Waals surface area contributed by atoms with Gasteiger partial charge in [0.15, 0.2) is 0 Å². The zero-order valence-electron chi connectivity index (χ0n) is 11.8. The van der Waals surface area contributed by atoms with Gasteiger partial charge >= 0.3 is 6.03 Å². The Morgan fingerprint density at radius 1 is 1.40 bits per heavy atom. The maximum absolute atomic E-state index is 12.3. The van der Waals surface area contributed by atoms with Gasteiger partial charge in [0.2, 0.25) is 0 Å². The predicted octanol–water partition coefficient (Wildman–Crippen LogP) is 1.59. The van der Waals surface area contributed by atoms with Gasteiger partial charge in [-0.05, 0) is 43.4 Å². The van der Waals surface area contributed by atoms with Gasteiger partial charge in [-0.25, -0.2) is 4.79 Å². The second-order valence-electron chi connectivity index (χ2n) is 5.61. The molecule has 1 aromatic rings. The van der Waals surface area contributed by atoms with Gasteiger partial charge in [0.25, 0.3) is 0 Å². The van der Waals surface area contributed by atoms with Gasteiger partial charge in [0.05, 0.1) is 12.1 Å². The first-order chi connectivity index (χ1) is 9.78. The minimum absolute atomic E-state index is 0.0612. The fourth-order valence-electron chi connectivity index (χ4n) is 2.84. The van der Waals surface area contributed by atoms with E-state index >= 15 is 0 Å². The smallest absolute Gasteiger partial charge is 0.317 e. The number of nitrogens with one attached hydrogen (secondary N) is 1. The van der Waals surface area contributed by atoms with Crippen molar-refractivity contribution in [2.75, 3.05) is 13.7 Å². The summed E-state index contributed by atoms with van der Waals surface area (Å²) in [6.45, 7) is 0.771. The molecule has 0 aromatic carbocycles. The molecule has 2 aliphatic rings. The average molecular weight is 275 g/mol. The van der Waals surface area contributed by atoms with Crippen LogP contribution in [0.4, 0.5) is 4.79 Å². The summed E-state index contributed by atoms with van der Waals surface area (Å²) in [4.78, 5) is 18.3. The van der Waals surface area contributed by atoms with Crippen LogP contribution in [0.15, 0.2) is 24.5 Å². The monoisotopic (exact) mass is 275 g/mol. The van der Waals surface area contributed by atoms with Crippen molar-refractivity contribution >= 4 is 6.03 Å². The first-order valence-corrected chi connectivity index (χ1v) is 7.27.